The lowest BCUT2D eigenvalue weighted by Gasteiger charge is -2.42. The lowest BCUT2D eigenvalue weighted by atomic mass is 9.90. The van der Waals surface area contributed by atoms with E-state index in [-0.39, 0.29) is 5.91 Å². The average molecular weight is 296 g/mol. The van der Waals surface area contributed by atoms with E-state index >= 15 is 0 Å². The Kier molecular flexibility index (Phi) is 4.13. The highest BCUT2D eigenvalue weighted by Crippen LogP contribution is 2.39. The number of likely N-dealkylation sites (tertiary alicyclic amines) is 1. The first-order chi connectivity index (χ1) is 9.32. The number of carboxylic acids is 1. The van der Waals surface area contributed by atoms with E-state index in [4.69, 9.17) is 0 Å². The Balaban J connectivity index is 2.52. The zero-order chi connectivity index (χ0) is 14.9. The molecule has 1 amide bonds. The third kappa shape index (κ3) is 2.85. The molecule has 5 nitrogen and oxygen atoms in total. The highest BCUT2D eigenvalue weighted by Gasteiger charge is 2.43. The monoisotopic (exact) mass is 296 g/mol. The summed E-state index contributed by atoms with van der Waals surface area (Å²) in [7, 11) is 0. The molecule has 0 spiro atoms. The Labute approximate surface area is 122 Å². The van der Waals surface area contributed by atoms with Crippen LogP contribution in [0.25, 0.3) is 0 Å². The second-order valence-corrected chi connectivity index (χ2v) is 6.85. The zero-order valence-electron chi connectivity index (χ0n) is 12.0. The first-order valence-corrected chi connectivity index (χ1v) is 7.69. The Morgan fingerprint density at radius 2 is 2.20 bits per heavy atom. The molecule has 0 saturated carbocycles. The van der Waals surface area contributed by atoms with Crippen LogP contribution in [-0.4, -0.2) is 32.4 Å². The number of carbonyl (C=O) groups excluding carboxylic acids is 1. The Morgan fingerprint density at radius 1 is 1.50 bits per heavy atom. The van der Waals surface area contributed by atoms with Gasteiger partial charge in [0, 0.05) is 17.3 Å². The summed E-state index contributed by atoms with van der Waals surface area (Å²) in [5.74, 6) is -1.44. The fourth-order valence-corrected chi connectivity index (χ4v) is 3.43. The maximum absolute atomic E-state index is 12.4. The minimum Gasteiger partial charge on any atom is -0.481 e. The van der Waals surface area contributed by atoms with Crippen LogP contribution in [0.15, 0.2) is 10.9 Å². The topological polar surface area (TPSA) is 70.5 Å². The zero-order valence-corrected chi connectivity index (χ0v) is 12.8. The average Bonchev–Trinajstić information content (AvgIpc) is 2.77. The number of thiazole rings is 1. The summed E-state index contributed by atoms with van der Waals surface area (Å²) in [6, 6.07) is -0.478. The first kappa shape index (κ1) is 15.0. The molecule has 2 rings (SSSR count). The molecule has 2 atom stereocenters. The Morgan fingerprint density at radius 3 is 2.70 bits per heavy atom. The number of hydrogen-bond donors (Lipinski definition) is 1. The van der Waals surface area contributed by atoms with Crippen LogP contribution in [0, 0.1) is 5.92 Å². The second-order valence-electron chi connectivity index (χ2n) is 6.13. The summed E-state index contributed by atoms with van der Waals surface area (Å²) in [6.45, 7) is 5.82. The van der Waals surface area contributed by atoms with Crippen molar-refractivity contribution in [2.45, 2.75) is 51.6 Å². The minimum atomic E-state index is -0.855. The number of nitrogens with zero attached hydrogens (tertiary/aromatic N) is 2. The fraction of sp³-hybridized carbons (Fsp3) is 0.643. The van der Waals surface area contributed by atoms with Gasteiger partial charge in [0.1, 0.15) is 0 Å². The van der Waals surface area contributed by atoms with E-state index < -0.39 is 23.5 Å². The number of carbonyl (C=O) groups is 2. The Bertz CT molecular complexity index is 493. The van der Waals surface area contributed by atoms with Gasteiger partial charge in [-0.05, 0) is 33.6 Å². The molecule has 2 unspecified atom stereocenters. The summed E-state index contributed by atoms with van der Waals surface area (Å²) < 4.78 is 0. The predicted molar refractivity (Wildman–Crippen MR) is 76.4 cm³/mol. The van der Waals surface area contributed by atoms with Gasteiger partial charge in [0.2, 0.25) is 5.91 Å². The molecule has 6 heteroatoms. The molecular weight excluding hydrogens is 276 g/mol. The normalized spacial score (nSPS) is 24.6. The predicted octanol–water partition coefficient (Wildman–Crippen LogP) is 2.70. The van der Waals surface area contributed by atoms with Crippen molar-refractivity contribution < 1.29 is 14.7 Å². The van der Waals surface area contributed by atoms with E-state index in [0.29, 0.717) is 25.0 Å². The van der Waals surface area contributed by atoms with Gasteiger partial charge in [-0.2, -0.15) is 0 Å². The molecule has 0 radical (unpaired) electrons. The minimum absolute atomic E-state index is 0.0132. The molecule has 1 saturated heterocycles. The third-order valence-corrected chi connectivity index (χ3v) is 4.23. The van der Waals surface area contributed by atoms with Crippen LogP contribution >= 0.6 is 11.3 Å². The summed E-state index contributed by atoms with van der Waals surface area (Å²) >= 11 is 1.43. The van der Waals surface area contributed by atoms with E-state index in [2.05, 4.69) is 4.98 Å². The highest BCUT2D eigenvalue weighted by atomic mass is 32.1. The number of amides is 1. The largest absolute Gasteiger partial charge is 0.481 e. The van der Waals surface area contributed by atoms with Crippen molar-refractivity contribution in [3.63, 3.8) is 0 Å². The second kappa shape index (κ2) is 5.52. The van der Waals surface area contributed by atoms with Gasteiger partial charge in [-0.1, -0.05) is 0 Å². The van der Waals surface area contributed by atoms with Gasteiger partial charge in [-0.25, -0.2) is 4.98 Å². The van der Waals surface area contributed by atoms with Gasteiger partial charge in [0.05, 0.1) is 23.2 Å². The van der Waals surface area contributed by atoms with Gasteiger partial charge in [-0.15, -0.1) is 11.3 Å². The van der Waals surface area contributed by atoms with Crippen molar-refractivity contribution in [3.8, 4) is 0 Å². The molecule has 1 fully saturated rings. The van der Waals surface area contributed by atoms with Gasteiger partial charge < -0.3 is 10.0 Å². The molecule has 1 aliphatic heterocycles. The SMILES string of the molecule is CC(C)(C)N1C(=O)CCCC(C(=O)O)C1c1cscn1. The van der Waals surface area contributed by atoms with E-state index in [1.807, 2.05) is 26.2 Å². The van der Waals surface area contributed by atoms with Crippen LogP contribution in [-0.2, 0) is 9.59 Å². The molecule has 1 aromatic rings. The standard InChI is InChI=1S/C14H20N2O3S/c1-14(2,3)16-11(17)6-4-5-9(13(18)19)12(16)10-7-20-8-15-10/h7-9,12H,4-6H2,1-3H3,(H,18,19). The lowest BCUT2D eigenvalue weighted by molar-refractivity contribution is -0.149. The number of hydrogen-bond acceptors (Lipinski definition) is 4. The van der Waals surface area contributed by atoms with Gasteiger partial charge in [0.25, 0.3) is 0 Å². The van der Waals surface area contributed by atoms with Crippen molar-refractivity contribution >= 4 is 23.2 Å². The smallest absolute Gasteiger partial charge is 0.309 e. The van der Waals surface area contributed by atoms with Crippen LogP contribution in [0.5, 0.6) is 0 Å². The van der Waals surface area contributed by atoms with Crippen LogP contribution in [0.2, 0.25) is 0 Å². The number of aliphatic carboxylic acids is 1. The summed E-state index contributed by atoms with van der Waals surface area (Å²) in [4.78, 5) is 30.1. The van der Waals surface area contributed by atoms with Gasteiger partial charge in [-0.3, -0.25) is 9.59 Å². The molecule has 0 bridgehead atoms. The number of rotatable bonds is 2. The van der Waals surface area contributed by atoms with Gasteiger partial charge in [0.15, 0.2) is 0 Å². The van der Waals surface area contributed by atoms with Crippen LogP contribution in [0.1, 0.15) is 51.8 Å². The Hall–Kier alpha value is -1.43. The summed E-state index contributed by atoms with van der Waals surface area (Å²) in [6.07, 6.45) is 1.53. The molecular formula is C14H20N2O3S. The molecule has 1 N–H and O–H groups in total. The molecule has 20 heavy (non-hydrogen) atoms. The maximum Gasteiger partial charge on any atom is 0.309 e. The number of carboxylic acid groups (broad SMARTS) is 1. The third-order valence-electron chi connectivity index (χ3n) is 3.63. The van der Waals surface area contributed by atoms with E-state index in [9.17, 15) is 14.7 Å². The van der Waals surface area contributed by atoms with Crippen molar-refractivity contribution in [3.05, 3.63) is 16.6 Å². The van der Waals surface area contributed by atoms with E-state index in [1.54, 1.807) is 10.4 Å². The quantitative estimate of drug-likeness (QED) is 0.911. The molecule has 2 heterocycles. The van der Waals surface area contributed by atoms with E-state index in [0.717, 1.165) is 0 Å². The molecule has 0 aromatic carbocycles. The maximum atomic E-state index is 12.4. The van der Waals surface area contributed by atoms with E-state index in [1.165, 1.54) is 11.3 Å². The van der Waals surface area contributed by atoms with Crippen molar-refractivity contribution in [2.75, 3.05) is 0 Å². The highest BCUT2D eigenvalue weighted by molar-refractivity contribution is 7.07. The van der Waals surface area contributed by atoms with Gasteiger partial charge >= 0.3 is 5.97 Å². The van der Waals surface area contributed by atoms with Crippen molar-refractivity contribution in [1.29, 1.82) is 0 Å². The number of aromatic nitrogens is 1. The van der Waals surface area contributed by atoms with Crippen LogP contribution < -0.4 is 0 Å². The fourth-order valence-electron chi connectivity index (χ4n) is 2.84. The summed E-state index contributed by atoms with van der Waals surface area (Å²) in [5.41, 5.74) is 1.95. The van der Waals surface area contributed by atoms with Crippen LogP contribution in [0.3, 0.4) is 0 Å². The van der Waals surface area contributed by atoms with Crippen molar-refractivity contribution in [2.24, 2.45) is 5.92 Å². The van der Waals surface area contributed by atoms with Crippen molar-refractivity contribution in [1.82, 2.24) is 9.88 Å². The molecule has 0 aliphatic carbocycles. The summed E-state index contributed by atoms with van der Waals surface area (Å²) in [5, 5.41) is 11.4. The molecule has 110 valence electrons. The first-order valence-electron chi connectivity index (χ1n) is 6.75. The van der Waals surface area contributed by atoms with Crippen LogP contribution in [0.4, 0.5) is 0 Å². The molecule has 1 aliphatic rings. The lowest BCUT2D eigenvalue weighted by Crippen LogP contribution is -2.49. The molecule has 1 aromatic heterocycles.